The van der Waals surface area contributed by atoms with Crippen LogP contribution in [0.25, 0.3) is 11.1 Å². The summed E-state index contributed by atoms with van der Waals surface area (Å²) in [6.07, 6.45) is 4.43. The first kappa shape index (κ1) is 26.2. The van der Waals surface area contributed by atoms with Gasteiger partial charge in [0.05, 0.1) is 6.26 Å². The molecule has 0 atom stereocenters. The van der Waals surface area contributed by atoms with Crippen LogP contribution in [-0.2, 0) is 23.0 Å². The molecule has 0 bridgehead atoms. The third-order valence-electron chi connectivity index (χ3n) is 6.87. The van der Waals surface area contributed by atoms with E-state index in [-0.39, 0.29) is 12.3 Å². The van der Waals surface area contributed by atoms with Crippen LogP contribution in [0.15, 0.2) is 54.6 Å². The number of aryl methyl sites for hydroxylation is 1. The Morgan fingerprint density at radius 1 is 0.972 bits per heavy atom. The molecular formula is C29H36N2O4S. The van der Waals surface area contributed by atoms with Gasteiger partial charge in [0.15, 0.2) is 0 Å². The number of sulfonamides is 1. The first-order valence-electron chi connectivity index (χ1n) is 12.5. The van der Waals surface area contributed by atoms with Crippen molar-refractivity contribution in [3.8, 4) is 22.6 Å². The predicted octanol–water partition coefficient (Wildman–Crippen LogP) is 4.79. The van der Waals surface area contributed by atoms with Crippen LogP contribution in [0.3, 0.4) is 0 Å². The zero-order valence-corrected chi connectivity index (χ0v) is 22.2. The minimum atomic E-state index is -3.24. The van der Waals surface area contributed by atoms with Crippen molar-refractivity contribution in [1.82, 2.24) is 9.62 Å². The summed E-state index contributed by atoms with van der Waals surface area (Å²) in [5, 5.41) is 10.4. The number of aromatic hydroxyl groups is 1. The van der Waals surface area contributed by atoms with Gasteiger partial charge < -0.3 is 9.84 Å². The number of hydrogen-bond donors (Lipinski definition) is 2. The van der Waals surface area contributed by atoms with Crippen molar-refractivity contribution in [3.05, 3.63) is 82.4 Å². The van der Waals surface area contributed by atoms with Gasteiger partial charge in [0, 0.05) is 13.1 Å². The van der Waals surface area contributed by atoms with Gasteiger partial charge in [-0.2, -0.15) is 0 Å². The van der Waals surface area contributed by atoms with Crippen LogP contribution in [0.4, 0.5) is 0 Å². The Morgan fingerprint density at radius 2 is 1.67 bits per heavy atom. The SMILES string of the molecule is Cc1cc(Cc2ccc(O)c(C)c2-c2ccc(OCCN3CCCC3)cc2)ccc1CNS(C)(=O)=O. The van der Waals surface area contributed by atoms with Crippen LogP contribution >= 0.6 is 0 Å². The second-order valence-corrected chi connectivity index (χ2v) is 11.5. The number of likely N-dealkylation sites (tertiary alicyclic amines) is 1. The largest absolute Gasteiger partial charge is 0.508 e. The summed E-state index contributed by atoms with van der Waals surface area (Å²) in [4.78, 5) is 2.44. The number of nitrogens with one attached hydrogen (secondary N) is 1. The number of phenols is 1. The topological polar surface area (TPSA) is 78.9 Å². The molecule has 4 rings (SSSR count). The van der Waals surface area contributed by atoms with Crippen molar-refractivity contribution in [2.45, 2.75) is 39.7 Å². The third kappa shape index (κ3) is 6.87. The van der Waals surface area contributed by atoms with Crippen molar-refractivity contribution >= 4 is 10.0 Å². The van der Waals surface area contributed by atoms with E-state index in [1.165, 1.54) is 32.2 Å². The van der Waals surface area contributed by atoms with E-state index in [1.54, 1.807) is 6.07 Å². The summed E-state index contributed by atoms with van der Waals surface area (Å²) in [5.41, 5.74) is 7.15. The summed E-state index contributed by atoms with van der Waals surface area (Å²) in [7, 11) is -3.24. The molecule has 7 heteroatoms. The first-order chi connectivity index (χ1) is 17.2. The fraction of sp³-hybridized carbons (Fsp3) is 0.379. The van der Waals surface area contributed by atoms with Crippen LogP contribution < -0.4 is 9.46 Å². The van der Waals surface area contributed by atoms with Gasteiger partial charge in [0.1, 0.15) is 18.1 Å². The highest BCUT2D eigenvalue weighted by Crippen LogP contribution is 2.35. The molecule has 0 saturated carbocycles. The van der Waals surface area contributed by atoms with Crippen molar-refractivity contribution in [1.29, 1.82) is 0 Å². The average Bonchev–Trinajstić information content (AvgIpc) is 3.35. The lowest BCUT2D eigenvalue weighted by Gasteiger charge is -2.17. The van der Waals surface area contributed by atoms with E-state index in [0.717, 1.165) is 51.2 Å². The van der Waals surface area contributed by atoms with Gasteiger partial charge >= 0.3 is 0 Å². The van der Waals surface area contributed by atoms with E-state index in [4.69, 9.17) is 4.74 Å². The second-order valence-electron chi connectivity index (χ2n) is 9.70. The lowest BCUT2D eigenvalue weighted by molar-refractivity contribution is 0.238. The highest BCUT2D eigenvalue weighted by atomic mass is 32.2. The van der Waals surface area contributed by atoms with Crippen LogP contribution in [0.5, 0.6) is 11.5 Å². The molecule has 1 saturated heterocycles. The monoisotopic (exact) mass is 508 g/mol. The number of hydrogen-bond acceptors (Lipinski definition) is 5. The molecule has 2 N–H and O–H groups in total. The maximum atomic E-state index is 11.4. The lowest BCUT2D eigenvalue weighted by atomic mass is 9.90. The zero-order chi connectivity index (χ0) is 25.7. The molecule has 3 aromatic rings. The average molecular weight is 509 g/mol. The van der Waals surface area contributed by atoms with E-state index >= 15 is 0 Å². The smallest absolute Gasteiger partial charge is 0.209 e. The van der Waals surface area contributed by atoms with E-state index in [2.05, 4.69) is 27.8 Å². The molecule has 0 spiro atoms. The molecular weight excluding hydrogens is 472 g/mol. The summed E-state index contributed by atoms with van der Waals surface area (Å²) in [6, 6.07) is 18.0. The molecule has 1 aliphatic heterocycles. The van der Waals surface area contributed by atoms with Gasteiger partial charge in [-0.1, -0.05) is 36.4 Å². The fourth-order valence-electron chi connectivity index (χ4n) is 4.82. The van der Waals surface area contributed by atoms with Gasteiger partial charge in [-0.05, 0) is 103 Å². The lowest BCUT2D eigenvalue weighted by Crippen LogP contribution is -2.25. The number of benzene rings is 3. The molecule has 0 aliphatic carbocycles. The van der Waals surface area contributed by atoms with E-state index < -0.39 is 10.0 Å². The Bertz CT molecular complexity index is 1300. The highest BCUT2D eigenvalue weighted by molar-refractivity contribution is 7.88. The maximum absolute atomic E-state index is 11.4. The summed E-state index contributed by atoms with van der Waals surface area (Å²) in [6.45, 7) is 8.20. The molecule has 1 heterocycles. The number of ether oxygens (including phenoxy) is 1. The Morgan fingerprint density at radius 3 is 2.33 bits per heavy atom. The van der Waals surface area contributed by atoms with Crippen LogP contribution in [-0.4, -0.2) is 50.9 Å². The van der Waals surface area contributed by atoms with Crippen molar-refractivity contribution in [2.24, 2.45) is 0 Å². The third-order valence-corrected chi connectivity index (χ3v) is 7.54. The van der Waals surface area contributed by atoms with Crippen molar-refractivity contribution < 1.29 is 18.3 Å². The Hall–Kier alpha value is -2.87. The normalized spacial score (nSPS) is 14.3. The Kier molecular flexibility index (Phi) is 8.34. The van der Waals surface area contributed by atoms with Gasteiger partial charge in [0.25, 0.3) is 0 Å². The summed E-state index contributed by atoms with van der Waals surface area (Å²) in [5.74, 6) is 1.13. The predicted molar refractivity (Wildman–Crippen MR) is 145 cm³/mol. The molecule has 0 radical (unpaired) electrons. The van der Waals surface area contributed by atoms with Crippen LogP contribution in [0.2, 0.25) is 0 Å². The molecule has 6 nitrogen and oxygen atoms in total. The first-order valence-corrected chi connectivity index (χ1v) is 14.4. The molecule has 36 heavy (non-hydrogen) atoms. The Labute approximate surface area is 215 Å². The van der Waals surface area contributed by atoms with Gasteiger partial charge in [0.2, 0.25) is 10.0 Å². The second kappa shape index (κ2) is 11.5. The molecule has 0 aromatic heterocycles. The quantitative estimate of drug-likeness (QED) is 0.412. The highest BCUT2D eigenvalue weighted by Gasteiger charge is 2.14. The number of rotatable bonds is 10. The van der Waals surface area contributed by atoms with E-state index in [0.29, 0.717) is 13.0 Å². The van der Waals surface area contributed by atoms with E-state index in [1.807, 2.05) is 44.2 Å². The summed E-state index contributed by atoms with van der Waals surface area (Å²) < 4.78 is 31.4. The van der Waals surface area contributed by atoms with Gasteiger partial charge in [-0.3, -0.25) is 4.90 Å². The Balaban J connectivity index is 1.50. The molecule has 0 unspecified atom stereocenters. The van der Waals surface area contributed by atoms with Crippen molar-refractivity contribution in [3.63, 3.8) is 0 Å². The van der Waals surface area contributed by atoms with Crippen LogP contribution in [0.1, 0.15) is 40.7 Å². The molecule has 1 aliphatic rings. The molecule has 0 amide bonds. The van der Waals surface area contributed by atoms with Crippen molar-refractivity contribution in [2.75, 3.05) is 32.5 Å². The zero-order valence-electron chi connectivity index (χ0n) is 21.4. The maximum Gasteiger partial charge on any atom is 0.209 e. The molecule has 3 aromatic carbocycles. The van der Waals surface area contributed by atoms with Crippen LogP contribution in [0, 0.1) is 13.8 Å². The number of nitrogens with zero attached hydrogens (tertiary/aromatic N) is 1. The summed E-state index contributed by atoms with van der Waals surface area (Å²) >= 11 is 0. The number of phenolic OH excluding ortho intramolecular Hbond substituents is 1. The molecule has 1 fully saturated rings. The minimum Gasteiger partial charge on any atom is -0.508 e. The standard InChI is InChI=1S/C29H36N2O4S/c1-21-18-23(6-7-26(21)20-30-36(3,33)34)19-25-10-13-28(32)22(2)29(25)24-8-11-27(12-9-24)35-17-16-31-14-4-5-15-31/h6-13,18,30,32H,4-5,14-17,19-20H2,1-3H3. The van der Waals surface area contributed by atoms with E-state index in [9.17, 15) is 13.5 Å². The fourth-order valence-corrected chi connectivity index (χ4v) is 5.24. The van der Waals surface area contributed by atoms with Gasteiger partial charge in [-0.25, -0.2) is 13.1 Å². The van der Waals surface area contributed by atoms with Gasteiger partial charge in [-0.15, -0.1) is 0 Å². The minimum absolute atomic E-state index is 0.276. The molecule has 192 valence electrons.